The molecule has 1 aromatic heterocycles. The third kappa shape index (κ3) is 4.65. The fourth-order valence-corrected chi connectivity index (χ4v) is 5.13. The van der Waals surface area contributed by atoms with Gasteiger partial charge in [0.25, 0.3) is 5.89 Å². The molecule has 1 N–H and O–H groups in total. The molecule has 10 heteroatoms. The zero-order chi connectivity index (χ0) is 21.1. The number of hydrogen-bond acceptors (Lipinski definition) is 7. The first kappa shape index (κ1) is 20.8. The molecule has 1 atom stereocenters. The summed E-state index contributed by atoms with van der Waals surface area (Å²) < 4.78 is 38.9. The van der Waals surface area contributed by atoms with Gasteiger partial charge < -0.3 is 9.26 Å². The SMILES string of the molecule is COc1ccc(Cl)cc1S(=O)(=O)NC1CCN(Cc2noc(-c3ccccc3)n2)C1. The van der Waals surface area contributed by atoms with Crippen LogP contribution in [-0.2, 0) is 16.6 Å². The van der Waals surface area contributed by atoms with Crippen LogP contribution < -0.4 is 9.46 Å². The number of halogens is 1. The number of likely N-dealkylation sites (tertiary alicyclic amines) is 1. The fraction of sp³-hybridized carbons (Fsp3) is 0.300. The van der Waals surface area contributed by atoms with Crippen LogP contribution >= 0.6 is 11.6 Å². The van der Waals surface area contributed by atoms with Gasteiger partial charge in [-0.2, -0.15) is 4.98 Å². The largest absolute Gasteiger partial charge is 0.495 e. The van der Waals surface area contributed by atoms with Crippen LogP contribution in [0.3, 0.4) is 0 Å². The van der Waals surface area contributed by atoms with Crippen molar-refractivity contribution < 1.29 is 17.7 Å². The normalized spacial score (nSPS) is 17.3. The first-order valence-corrected chi connectivity index (χ1v) is 11.3. The van der Waals surface area contributed by atoms with Crippen molar-refractivity contribution in [3.63, 3.8) is 0 Å². The van der Waals surface area contributed by atoms with Crippen molar-refractivity contribution in [3.05, 3.63) is 59.4 Å². The van der Waals surface area contributed by atoms with E-state index in [2.05, 4.69) is 19.8 Å². The summed E-state index contributed by atoms with van der Waals surface area (Å²) in [6.07, 6.45) is 0.672. The molecule has 1 fully saturated rings. The lowest BCUT2D eigenvalue weighted by Gasteiger charge is -2.16. The van der Waals surface area contributed by atoms with Gasteiger partial charge >= 0.3 is 0 Å². The number of ether oxygens (including phenoxy) is 1. The van der Waals surface area contributed by atoms with Gasteiger partial charge in [-0.05, 0) is 36.8 Å². The molecule has 158 valence electrons. The summed E-state index contributed by atoms with van der Waals surface area (Å²) in [5.74, 6) is 1.28. The van der Waals surface area contributed by atoms with Gasteiger partial charge in [0.2, 0.25) is 10.0 Å². The highest BCUT2D eigenvalue weighted by atomic mass is 35.5. The summed E-state index contributed by atoms with van der Waals surface area (Å²) in [5.41, 5.74) is 0.860. The quantitative estimate of drug-likeness (QED) is 0.593. The highest BCUT2D eigenvalue weighted by Crippen LogP contribution is 2.28. The molecule has 0 bridgehead atoms. The van der Waals surface area contributed by atoms with E-state index < -0.39 is 10.0 Å². The maximum atomic E-state index is 12.8. The van der Waals surface area contributed by atoms with Gasteiger partial charge in [0.1, 0.15) is 10.6 Å². The van der Waals surface area contributed by atoms with E-state index in [9.17, 15) is 8.42 Å². The van der Waals surface area contributed by atoms with Gasteiger partial charge in [0.15, 0.2) is 5.82 Å². The molecule has 4 rings (SSSR count). The minimum absolute atomic E-state index is 0.0293. The second-order valence-electron chi connectivity index (χ2n) is 7.02. The van der Waals surface area contributed by atoms with E-state index in [0.717, 1.165) is 12.1 Å². The standard InChI is InChI=1S/C20H21ClN4O4S/c1-28-17-8-7-15(21)11-18(17)30(26,27)24-16-9-10-25(12-16)13-19-22-20(29-23-19)14-5-3-2-4-6-14/h2-8,11,16,24H,9-10,12-13H2,1H3. The smallest absolute Gasteiger partial charge is 0.257 e. The number of nitrogens with zero attached hydrogens (tertiary/aromatic N) is 3. The summed E-state index contributed by atoms with van der Waals surface area (Å²) in [7, 11) is -2.35. The van der Waals surface area contributed by atoms with Crippen LogP contribution in [0.15, 0.2) is 57.9 Å². The van der Waals surface area contributed by atoms with Crippen LogP contribution in [0, 0.1) is 0 Å². The molecule has 0 spiro atoms. The molecular formula is C20H21ClN4O4S. The van der Waals surface area contributed by atoms with Gasteiger partial charge in [-0.15, -0.1) is 0 Å². The van der Waals surface area contributed by atoms with Gasteiger partial charge in [-0.1, -0.05) is 35.0 Å². The molecule has 8 nitrogen and oxygen atoms in total. The van der Waals surface area contributed by atoms with E-state index in [-0.39, 0.29) is 16.7 Å². The lowest BCUT2D eigenvalue weighted by atomic mass is 10.2. The lowest BCUT2D eigenvalue weighted by molar-refractivity contribution is 0.307. The van der Waals surface area contributed by atoms with Crippen molar-refractivity contribution in [1.82, 2.24) is 19.8 Å². The Morgan fingerprint density at radius 3 is 2.83 bits per heavy atom. The first-order chi connectivity index (χ1) is 14.4. The number of hydrogen-bond donors (Lipinski definition) is 1. The summed E-state index contributed by atoms with van der Waals surface area (Å²) in [4.78, 5) is 6.55. The Hall–Kier alpha value is -2.46. The zero-order valence-corrected chi connectivity index (χ0v) is 17.9. The van der Waals surface area contributed by atoms with Crippen molar-refractivity contribution in [3.8, 4) is 17.2 Å². The minimum atomic E-state index is -3.77. The van der Waals surface area contributed by atoms with Gasteiger partial charge in [0, 0.05) is 29.7 Å². The van der Waals surface area contributed by atoms with Gasteiger partial charge in [-0.25, -0.2) is 13.1 Å². The number of benzene rings is 2. The number of sulfonamides is 1. The fourth-order valence-electron chi connectivity index (χ4n) is 3.43. The van der Waals surface area contributed by atoms with Crippen LogP contribution in [0.5, 0.6) is 5.75 Å². The molecule has 0 amide bonds. The number of methoxy groups -OCH3 is 1. The minimum Gasteiger partial charge on any atom is -0.495 e. The summed E-state index contributed by atoms with van der Waals surface area (Å²) in [6, 6.07) is 13.8. The second-order valence-corrected chi connectivity index (χ2v) is 9.14. The molecule has 30 heavy (non-hydrogen) atoms. The predicted molar refractivity (Wildman–Crippen MR) is 112 cm³/mol. The molecule has 1 saturated heterocycles. The summed E-state index contributed by atoms with van der Waals surface area (Å²) in [5, 5.41) is 4.37. The van der Waals surface area contributed by atoms with Crippen LogP contribution in [0.2, 0.25) is 5.02 Å². The second kappa shape index (κ2) is 8.73. The van der Waals surface area contributed by atoms with E-state index in [0.29, 0.717) is 36.2 Å². The van der Waals surface area contributed by atoms with Crippen LogP contribution in [0.25, 0.3) is 11.5 Å². The third-order valence-electron chi connectivity index (χ3n) is 4.86. The Balaban J connectivity index is 1.39. The molecule has 0 radical (unpaired) electrons. The van der Waals surface area contributed by atoms with Gasteiger partial charge in [0.05, 0.1) is 13.7 Å². The monoisotopic (exact) mass is 448 g/mol. The molecule has 1 unspecified atom stereocenters. The van der Waals surface area contributed by atoms with Gasteiger partial charge in [-0.3, -0.25) is 4.90 Å². The average Bonchev–Trinajstić information content (AvgIpc) is 3.38. The summed E-state index contributed by atoms with van der Waals surface area (Å²) in [6.45, 7) is 1.74. The molecular weight excluding hydrogens is 428 g/mol. The Morgan fingerprint density at radius 1 is 1.27 bits per heavy atom. The highest BCUT2D eigenvalue weighted by molar-refractivity contribution is 7.89. The van der Waals surface area contributed by atoms with E-state index >= 15 is 0 Å². The van der Waals surface area contributed by atoms with Crippen molar-refractivity contribution in [2.75, 3.05) is 20.2 Å². The average molecular weight is 449 g/mol. The van der Waals surface area contributed by atoms with Crippen LogP contribution in [0.4, 0.5) is 0 Å². The van der Waals surface area contributed by atoms with E-state index in [1.807, 2.05) is 30.3 Å². The van der Waals surface area contributed by atoms with Crippen LogP contribution in [0.1, 0.15) is 12.2 Å². The Kier molecular flexibility index (Phi) is 6.05. The highest BCUT2D eigenvalue weighted by Gasteiger charge is 2.29. The molecule has 3 aromatic rings. The number of nitrogens with one attached hydrogen (secondary N) is 1. The molecule has 0 saturated carbocycles. The maximum Gasteiger partial charge on any atom is 0.257 e. The Morgan fingerprint density at radius 2 is 2.07 bits per heavy atom. The zero-order valence-electron chi connectivity index (χ0n) is 16.3. The predicted octanol–water partition coefficient (Wildman–Crippen LogP) is 2.95. The van der Waals surface area contributed by atoms with E-state index in [1.165, 1.54) is 13.2 Å². The molecule has 0 aliphatic carbocycles. The third-order valence-corrected chi connectivity index (χ3v) is 6.64. The first-order valence-electron chi connectivity index (χ1n) is 9.41. The van der Waals surface area contributed by atoms with Crippen molar-refractivity contribution in [1.29, 1.82) is 0 Å². The van der Waals surface area contributed by atoms with E-state index in [1.54, 1.807) is 12.1 Å². The van der Waals surface area contributed by atoms with Crippen molar-refractivity contribution in [2.45, 2.75) is 23.9 Å². The maximum absolute atomic E-state index is 12.8. The summed E-state index contributed by atoms with van der Waals surface area (Å²) >= 11 is 5.98. The topological polar surface area (TPSA) is 97.6 Å². The number of rotatable bonds is 7. The van der Waals surface area contributed by atoms with Crippen LogP contribution in [-0.4, -0.2) is 49.7 Å². The molecule has 2 heterocycles. The lowest BCUT2D eigenvalue weighted by Crippen LogP contribution is -2.37. The molecule has 1 aliphatic rings. The number of aromatic nitrogens is 2. The van der Waals surface area contributed by atoms with E-state index in [4.69, 9.17) is 20.9 Å². The van der Waals surface area contributed by atoms with Crippen molar-refractivity contribution >= 4 is 21.6 Å². The molecule has 2 aromatic carbocycles. The van der Waals surface area contributed by atoms with Crippen molar-refractivity contribution in [2.24, 2.45) is 0 Å². The Bertz CT molecular complexity index is 1120. The molecule has 1 aliphatic heterocycles. The Labute approximate surface area is 179 Å².